The van der Waals surface area contributed by atoms with Crippen LogP contribution in [0.15, 0.2) is 30.3 Å². The smallest absolute Gasteiger partial charge is 0.136 e. The third-order valence-corrected chi connectivity index (χ3v) is 3.69. The molecule has 5 heteroatoms. The largest absolute Gasteiger partial charge is 0.399 e. The first-order valence-corrected chi connectivity index (χ1v) is 7.44. The Balaban J connectivity index is 1.81. The van der Waals surface area contributed by atoms with E-state index in [-0.39, 0.29) is 0 Å². The molecular formula is C16H21N5. The van der Waals surface area contributed by atoms with Crippen LogP contribution in [-0.4, -0.2) is 23.1 Å². The summed E-state index contributed by atoms with van der Waals surface area (Å²) in [5.41, 5.74) is 7.44. The molecular weight excluding hydrogens is 262 g/mol. The molecule has 0 amide bonds. The second kappa shape index (κ2) is 5.99. The Morgan fingerprint density at radius 1 is 1.05 bits per heavy atom. The first-order chi connectivity index (χ1) is 10.2. The second-order valence-corrected chi connectivity index (χ2v) is 5.45. The van der Waals surface area contributed by atoms with Crippen molar-refractivity contribution in [1.82, 2.24) is 9.97 Å². The summed E-state index contributed by atoms with van der Waals surface area (Å²) in [5.74, 6) is 2.63. The lowest BCUT2D eigenvalue weighted by Crippen LogP contribution is -2.30. The zero-order chi connectivity index (χ0) is 14.7. The molecule has 5 nitrogen and oxygen atoms in total. The number of nitrogens with two attached hydrogens (primary N) is 1. The van der Waals surface area contributed by atoms with Crippen LogP contribution in [0, 0.1) is 6.92 Å². The van der Waals surface area contributed by atoms with E-state index in [1.165, 1.54) is 19.3 Å². The molecule has 21 heavy (non-hydrogen) atoms. The quantitative estimate of drug-likeness (QED) is 0.847. The first-order valence-electron chi connectivity index (χ1n) is 7.44. The monoisotopic (exact) mass is 283 g/mol. The SMILES string of the molecule is Cc1nc(Nc2ccc(N)cc2)cc(N2CCCCC2)n1. The van der Waals surface area contributed by atoms with Gasteiger partial charge in [-0.15, -0.1) is 0 Å². The van der Waals surface area contributed by atoms with E-state index >= 15 is 0 Å². The summed E-state index contributed by atoms with van der Waals surface area (Å²) < 4.78 is 0. The van der Waals surface area contributed by atoms with Crippen molar-refractivity contribution < 1.29 is 0 Å². The van der Waals surface area contributed by atoms with Crippen LogP contribution in [0.1, 0.15) is 25.1 Å². The summed E-state index contributed by atoms with van der Waals surface area (Å²) >= 11 is 0. The average molecular weight is 283 g/mol. The standard InChI is InChI=1S/C16H21N5/c1-12-18-15(20-14-7-5-13(17)6-8-14)11-16(19-12)21-9-3-2-4-10-21/h5-8,11H,2-4,9-10,17H2,1H3,(H,18,19,20). The number of aryl methyl sites for hydroxylation is 1. The van der Waals surface area contributed by atoms with Crippen LogP contribution in [0.2, 0.25) is 0 Å². The van der Waals surface area contributed by atoms with Crippen molar-refractivity contribution in [3.05, 3.63) is 36.2 Å². The highest BCUT2D eigenvalue weighted by molar-refractivity contribution is 5.61. The summed E-state index contributed by atoms with van der Waals surface area (Å²) in [4.78, 5) is 11.4. The van der Waals surface area contributed by atoms with Gasteiger partial charge in [-0.25, -0.2) is 9.97 Å². The lowest BCUT2D eigenvalue weighted by atomic mass is 10.1. The van der Waals surface area contributed by atoms with Crippen molar-refractivity contribution in [3.63, 3.8) is 0 Å². The zero-order valence-electron chi connectivity index (χ0n) is 12.3. The highest BCUT2D eigenvalue weighted by atomic mass is 15.2. The molecule has 1 saturated heterocycles. The molecule has 0 aliphatic carbocycles. The van der Waals surface area contributed by atoms with Gasteiger partial charge in [-0.1, -0.05) is 0 Å². The Kier molecular flexibility index (Phi) is 3.90. The van der Waals surface area contributed by atoms with E-state index in [2.05, 4.69) is 20.2 Å². The summed E-state index contributed by atoms with van der Waals surface area (Å²) in [6, 6.07) is 9.68. The molecule has 0 saturated carbocycles. The molecule has 0 spiro atoms. The number of anilines is 4. The molecule has 1 aliphatic rings. The van der Waals surface area contributed by atoms with Crippen LogP contribution in [0.4, 0.5) is 23.0 Å². The van der Waals surface area contributed by atoms with Crippen LogP contribution in [0.5, 0.6) is 0 Å². The van der Waals surface area contributed by atoms with Crippen LogP contribution in [0.25, 0.3) is 0 Å². The van der Waals surface area contributed by atoms with Crippen molar-refractivity contribution in [2.24, 2.45) is 0 Å². The molecule has 3 rings (SSSR count). The maximum atomic E-state index is 5.71. The minimum absolute atomic E-state index is 0.758. The fourth-order valence-electron chi connectivity index (χ4n) is 2.62. The number of aromatic nitrogens is 2. The van der Waals surface area contributed by atoms with Gasteiger partial charge in [-0.3, -0.25) is 0 Å². The number of benzene rings is 1. The van der Waals surface area contributed by atoms with Crippen molar-refractivity contribution in [1.29, 1.82) is 0 Å². The molecule has 2 aromatic rings. The summed E-state index contributed by atoms with van der Waals surface area (Å²) in [5, 5.41) is 3.32. The van der Waals surface area contributed by atoms with Gasteiger partial charge in [-0.05, 0) is 50.5 Å². The Bertz CT molecular complexity index is 603. The summed E-state index contributed by atoms with van der Waals surface area (Å²) in [6.07, 6.45) is 3.80. The number of piperidine rings is 1. The fraction of sp³-hybridized carbons (Fsp3) is 0.375. The molecule has 1 fully saturated rings. The topological polar surface area (TPSA) is 67.1 Å². The van der Waals surface area contributed by atoms with Crippen LogP contribution in [0.3, 0.4) is 0 Å². The predicted molar refractivity (Wildman–Crippen MR) is 87.0 cm³/mol. The van der Waals surface area contributed by atoms with Gasteiger partial charge >= 0.3 is 0 Å². The van der Waals surface area contributed by atoms with Gasteiger partial charge in [0.1, 0.15) is 17.5 Å². The van der Waals surface area contributed by atoms with E-state index in [1.54, 1.807) is 0 Å². The van der Waals surface area contributed by atoms with Gasteiger partial charge in [0.15, 0.2) is 0 Å². The second-order valence-electron chi connectivity index (χ2n) is 5.45. The van der Waals surface area contributed by atoms with E-state index < -0.39 is 0 Å². The zero-order valence-corrected chi connectivity index (χ0v) is 12.3. The first kappa shape index (κ1) is 13.7. The number of nitrogens with zero attached hydrogens (tertiary/aromatic N) is 3. The Hall–Kier alpha value is -2.30. The number of nitrogens with one attached hydrogen (secondary N) is 1. The van der Waals surface area contributed by atoms with Crippen LogP contribution >= 0.6 is 0 Å². The molecule has 2 heterocycles. The lowest BCUT2D eigenvalue weighted by Gasteiger charge is -2.28. The van der Waals surface area contributed by atoms with Crippen molar-refractivity contribution in [3.8, 4) is 0 Å². The molecule has 3 N–H and O–H groups in total. The highest BCUT2D eigenvalue weighted by Gasteiger charge is 2.13. The van der Waals surface area contributed by atoms with Crippen LogP contribution < -0.4 is 16.0 Å². The molecule has 0 atom stereocenters. The fourth-order valence-corrected chi connectivity index (χ4v) is 2.62. The molecule has 1 aromatic heterocycles. The molecule has 0 unspecified atom stereocenters. The number of rotatable bonds is 3. The number of hydrogen-bond acceptors (Lipinski definition) is 5. The van der Waals surface area contributed by atoms with Gasteiger partial charge in [0.05, 0.1) is 0 Å². The number of hydrogen-bond donors (Lipinski definition) is 2. The summed E-state index contributed by atoms with van der Waals surface area (Å²) in [6.45, 7) is 4.09. The van der Waals surface area contributed by atoms with Crippen molar-refractivity contribution >= 4 is 23.0 Å². The predicted octanol–water partition coefficient (Wildman–Crippen LogP) is 3.10. The van der Waals surface area contributed by atoms with E-state index in [0.29, 0.717) is 0 Å². The minimum Gasteiger partial charge on any atom is -0.399 e. The lowest BCUT2D eigenvalue weighted by molar-refractivity contribution is 0.572. The molecule has 0 radical (unpaired) electrons. The van der Waals surface area contributed by atoms with E-state index in [0.717, 1.165) is 41.9 Å². The molecule has 1 aliphatic heterocycles. The van der Waals surface area contributed by atoms with Gasteiger partial charge in [0, 0.05) is 30.5 Å². The Labute approximate surface area is 125 Å². The van der Waals surface area contributed by atoms with Crippen molar-refractivity contribution in [2.75, 3.05) is 29.0 Å². The minimum atomic E-state index is 0.758. The van der Waals surface area contributed by atoms with Crippen molar-refractivity contribution in [2.45, 2.75) is 26.2 Å². The normalized spacial score (nSPS) is 15.0. The molecule has 1 aromatic carbocycles. The molecule has 110 valence electrons. The van der Waals surface area contributed by atoms with E-state index in [4.69, 9.17) is 5.73 Å². The van der Waals surface area contributed by atoms with Gasteiger partial charge in [-0.2, -0.15) is 0 Å². The maximum Gasteiger partial charge on any atom is 0.136 e. The van der Waals surface area contributed by atoms with Crippen LogP contribution in [-0.2, 0) is 0 Å². The van der Waals surface area contributed by atoms with Gasteiger partial charge in [0.25, 0.3) is 0 Å². The van der Waals surface area contributed by atoms with E-state index in [1.807, 2.05) is 37.3 Å². The summed E-state index contributed by atoms with van der Waals surface area (Å²) in [7, 11) is 0. The Morgan fingerprint density at radius 3 is 2.48 bits per heavy atom. The highest BCUT2D eigenvalue weighted by Crippen LogP contribution is 2.22. The average Bonchev–Trinajstić information content (AvgIpc) is 2.50. The third kappa shape index (κ3) is 3.42. The van der Waals surface area contributed by atoms with Gasteiger partial charge < -0.3 is 16.0 Å². The van der Waals surface area contributed by atoms with Gasteiger partial charge in [0.2, 0.25) is 0 Å². The third-order valence-electron chi connectivity index (χ3n) is 3.69. The maximum absolute atomic E-state index is 5.71. The molecule has 0 bridgehead atoms. The Morgan fingerprint density at radius 2 is 1.76 bits per heavy atom. The number of nitrogen functional groups attached to an aromatic ring is 1. The van der Waals surface area contributed by atoms with E-state index in [9.17, 15) is 0 Å².